The SMILES string of the molecule is O=C(NCC1CN(CC2CCN(CC3CC3)CC2)C(=O)CO1)c1cn[nH]c1. The minimum atomic E-state index is -0.182. The van der Waals surface area contributed by atoms with Gasteiger partial charge in [0.05, 0.1) is 17.9 Å². The van der Waals surface area contributed by atoms with Crippen molar-refractivity contribution in [3.63, 3.8) is 0 Å². The Bertz CT molecular complexity index is 638. The summed E-state index contributed by atoms with van der Waals surface area (Å²) >= 11 is 0. The molecule has 1 saturated carbocycles. The van der Waals surface area contributed by atoms with Gasteiger partial charge in [-0.05, 0) is 50.6 Å². The van der Waals surface area contributed by atoms with Crippen molar-refractivity contribution in [3.8, 4) is 0 Å². The van der Waals surface area contributed by atoms with E-state index in [9.17, 15) is 9.59 Å². The van der Waals surface area contributed by atoms with Gasteiger partial charge in [0.2, 0.25) is 5.91 Å². The molecule has 1 atom stereocenters. The second kappa shape index (κ2) is 8.39. The van der Waals surface area contributed by atoms with Crippen LogP contribution in [0, 0.1) is 11.8 Å². The normalized spacial score (nSPS) is 25.0. The number of carbonyl (C=O) groups excluding carboxylic acids is 2. The van der Waals surface area contributed by atoms with Crippen molar-refractivity contribution in [2.75, 3.05) is 45.9 Å². The number of rotatable bonds is 7. The van der Waals surface area contributed by atoms with E-state index in [0.29, 0.717) is 24.6 Å². The van der Waals surface area contributed by atoms with E-state index in [1.54, 1.807) is 6.20 Å². The Hall–Kier alpha value is -1.93. The van der Waals surface area contributed by atoms with Crippen LogP contribution in [0.25, 0.3) is 0 Å². The first kappa shape index (κ1) is 18.4. The number of nitrogens with one attached hydrogen (secondary N) is 2. The van der Waals surface area contributed by atoms with Gasteiger partial charge in [-0.25, -0.2) is 0 Å². The number of aromatic nitrogens is 2. The second-order valence-electron chi connectivity index (χ2n) is 8.12. The fourth-order valence-corrected chi connectivity index (χ4v) is 3.99. The molecule has 3 fully saturated rings. The van der Waals surface area contributed by atoms with Crippen LogP contribution in [0.1, 0.15) is 36.0 Å². The lowest BCUT2D eigenvalue weighted by molar-refractivity contribution is -0.149. The van der Waals surface area contributed by atoms with Gasteiger partial charge in [0.25, 0.3) is 5.91 Å². The molecule has 0 bridgehead atoms. The molecular weight excluding hydrogens is 346 g/mol. The molecule has 0 spiro atoms. The number of likely N-dealkylation sites (tertiary alicyclic amines) is 1. The minimum absolute atomic E-state index is 0.0628. The maximum atomic E-state index is 12.2. The van der Waals surface area contributed by atoms with Gasteiger partial charge < -0.3 is 19.9 Å². The summed E-state index contributed by atoms with van der Waals surface area (Å²) < 4.78 is 5.61. The Kier molecular flexibility index (Phi) is 5.73. The average Bonchev–Trinajstić information content (AvgIpc) is 3.31. The number of morpholine rings is 1. The van der Waals surface area contributed by atoms with Gasteiger partial charge in [0, 0.05) is 32.4 Å². The lowest BCUT2D eigenvalue weighted by Crippen LogP contribution is -2.52. The van der Waals surface area contributed by atoms with Crippen LogP contribution < -0.4 is 5.32 Å². The van der Waals surface area contributed by atoms with E-state index in [2.05, 4.69) is 20.4 Å². The van der Waals surface area contributed by atoms with Crippen molar-refractivity contribution in [1.29, 1.82) is 0 Å². The van der Waals surface area contributed by atoms with Crippen molar-refractivity contribution < 1.29 is 14.3 Å². The summed E-state index contributed by atoms with van der Waals surface area (Å²) in [5.74, 6) is 1.40. The number of H-pyrrole nitrogens is 1. The zero-order valence-electron chi connectivity index (χ0n) is 15.7. The largest absolute Gasteiger partial charge is 0.365 e. The summed E-state index contributed by atoms with van der Waals surface area (Å²) in [5.41, 5.74) is 0.497. The van der Waals surface area contributed by atoms with E-state index in [0.717, 1.165) is 25.6 Å². The third-order valence-corrected chi connectivity index (χ3v) is 5.87. The predicted molar refractivity (Wildman–Crippen MR) is 99.1 cm³/mol. The molecule has 1 aliphatic carbocycles. The predicted octanol–water partition coefficient (Wildman–Crippen LogP) is 0.489. The standard InChI is InChI=1S/C19H29N5O3/c25-18-13-27-17(9-20-19(26)16-7-21-22-8-16)12-24(18)11-15-3-5-23(6-4-15)10-14-1-2-14/h7-8,14-15,17H,1-6,9-13H2,(H,20,26)(H,21,22). The van der Waals surface area contributed by atoms with Crippen LogP contribution in [0.4, 0.5) is 0 Å². The van der Waals surface area contributed by atoms with Crippen LogP contribution in [0.15, 0.2) is 12.4 Å². The highest BCUT2D eigenvalue weighted by Crippen LogP contribution is 2.31. The molecule has 3 heterocycles. The van der Waals surface area contributed by atoms with Gasteiger partial charge in [0.1, 0.15) is 6.61 Å². The summed E-state index contributed by atoms with van der Waals surface area (Å²) in [7, 11) is 0. The maximum absolute atomic E-state index is 12.2. The number of hydrogen-bond donors (Lipinski definition) is 2. The summed E-state index contributed by atoms with van der Waals surface area (Å²) in [6.45, 7) is 5.44. The molecule has 2 amide bonds. The number of aromatic amines is 1. The summed E-state index contributed by atoms with van der Waals surface area (Å²) in [4.78, 5) is 28.8. The molecule has 148 valence electrons. The molecular formula is C19H29N5O3. The molecule has 27 heavy (non-hydrogen) atoms. The molecule has 2 aliphatic heterocycles. The maximum Gasteiger partial charge on any atom is 0.254 e. The van der Waals surface area contributed by atoms with Crippen LogP contribution in [0.5, 0.6) is 0 Å². The van der Waals surface area contributed by atoms with Gasteiger partial charge in [-0.15, -0.1) is 0 Å². The fraction of sp³-hybridized carbons (Fsp3) is 0.737. The number of amides is 2. The Labute approximate surface area is 159 Å². The number of ether oxygens (including phenoxy) is 1. The van der Waals surface area contributed by atoms with Crippen LogP contribution in [-0.2, 0) is 9.53 Å². The molecule has 1 unspecified atom stereocenters. The summed E-state index contributed by atoms with van der Waals surface area (Å²) in [6, 6.07) is 0. The first-order valence-electron chi connectivity index (χ1n) is 10.1. The van der Waals surface area contributed by atoms with Crippen molar-refractivity contribution in [3.05, 3.63) is 18.0 Å². The average molecular weight is 375 g/mol. The van der Waals surface area contributed by atoms with Gasteiger partial charge in [-0.2, -0.15) is 5.10 Å². The lowest BCUT2D eigenvalue weighted by atomic mass is 9.95. The third kappa shape index (κ3) is 5.07. The highest BCUT2D eigenvalue weighted by molar-refractivity contribution is 5.93. The zero-order chi connectivity index (χ0) is 18.6. The summed E-state index contributed by atoms with van der Waals surface area (Å²) in [5, 5.41) is 9.26. The molecule has 1 aromatic rings. The topological polar surface area (TPSA) is 90.6 Å². The van der Waals surface area contributed by atoms with Crippen LogP contribution >= 0.6 is 0 Å². The van der Waals surface area contributed by atoms with Crippen molar-refractivity contribution in [1.82, 2.24) is 25.3 Å². The number of nitrogens with zero attached hydrogens (tertiary/aromatic N) is 3. The van der Waals surface area contributed by atoms with Crippen LogP contribution in [-0.4, -0.2) is 83.8 Å². The van der Waals surface area contributed by atoms with E-state index in [1.165, 1.54) is 38.4 Å². The molecule has 2 saturated heterocycles. The van der Waals surface area contributed by atoms with E-state index in [4.69, 9.17) is 4.74 Å². The van der Waals surface area contributed by atoms with Gasteiger partial charge in [-0.1, -0.05) is 0 Å². The smallest absolute Gasteiger partial charge is 0.254 e. The second-order valence-corrected chi connectivity index (χ2v) is 8.12. The van der Waals surface area contributed by atoms with Crippen molar-refractivity contribution in [2.24, 2.45) is 11.8 Å². The Morgan fingerprint density at radius 2 is 2.00 bits per heavy atom. The van der Waals surface area contributed by atoms with Gasteiger partial charge >= 0.3 is 0 Å². The monoisotopic (exact) mass is 375 g/mol. The molecule has 8 heteroatoms. The molecule has 8 nitrogen and oxygen atoms in total. The highest BCUT2D eigenvalue weighted by atomic mass is 16.5. The number of piperidine rings is 1. The van der Waals surface area contributed by atoms with E-state index < -0.39 is 0 Å². The molecule has 4 rings (SSSR count). The van der Waals surface area contributed by atoms with Crippen molar-refractivity contribution in [2.45, 2.75) is 31.8 Å². The van der Waals surface area contributed by atoms with E-state index in [-0.39, 0.29) is 24.5 Å². The summed E-state index contributed by atoms with van der Waals surface area (Å²) in [6.07, 6.45) is 8.03. The number of hydrogen-bond acceptors (Lipinski definition) is 5. The van der Waals surface area contributed by atoms with E-state index in [1.807, 2.05) is 4.90 Å². The first-order chi connectivity index (χ1) is 13.2. The first-order valence-corrected chi connectivity index (χ1v) is 10.1. The Morgan fingerprint density at radius 3 is 2.70 bits per heavy atom. The molecule has 1 aromatic heterocycles. The Morgan fingerprint density at radius 1 is 1.22 bits per heavy atom. The van der Waals surface area contributed by atoms with Crippen LogP contribution in [0.3, 0.4) is 0 Å². The van der Waals surface area contributed by atoms with Crippen LogP contribution in [0.2, 0.25) is 0 Å². The molecule has 0 radical (unpaired) electrons. The highest BCUT2D eigenvalue weighted by Gasteiger charge is 2.31. The quantitative estimate of drug-likeness (QED) is 0.724. The molecule has 3 aliphatic rings. The van der Waals surface area contributed by atoms with Gasteiger partial charge in [-0.3, -0.25) is 14.7 Å². The van der Waals surface area contributed by atoms with Crippen molar-refractivity contribution >= 4 is 11.8 Å². The fourth-order valence-electron chi connectivity index (χ4n) is 3.99. The Balaban J connectivity index is 1.20. The zero-order valence-corrected chi connectivity index (χ0v) is 15.7. The molecule has 0 aromatic carbocycles. The van der Waals surface area contributed by atoms with E-state index >= 15 is 0 Å². The molecule has 2 N–H and O–H groups in total. The lowest BCUT2D eigenvalue weighted by Gasteiger charge is -2.38. The third-order valence-electron chi connectivity index (χ3n) is 5.87. The number of carbonyl (C=O) groups is 2. The minimum Gasteiger partial charge on any atom is -0.365 e. The van der Waals surface area contributed by atoms with Gasteiger partial charge in [0.15, 0.2) is 0 Å².